The number of methoxy groups -OCH3 is 1. The highest BCUT2D eigenvalue weighted by Gasteiger charge is 2.45. The van der Waals surface area contributed by atoms with Crippen molar-refractivity contribution >= 4 is 29.3 Å². The Labute approximate surface area is 172 Å². The van der Waals surface area contributed by atoms with E-state index >= 15 is 0 Å². The number of hydrogen-bond donors (Lipinski definition) is 1. The average Bonchev–Trinajstić information content (AvgIpc) is 3.32. The van der Waals surface area contributed by atoms with Gasteiger partial charge in [0.1, 0.15) is 6.04 Å². The molecule has 27 heavy (non-hydrogen) atoms. The fourth-order valence-electron chi connectivity index (χ4n) is 5.45. The lowest BCUT2D eigenvalue weighted by atomic mass is 9.87. The van der Waals surface area contributed by atoms with Gasteiger partial charge in [-0.05, 0) is 56.6 Å². The number of nitrogens with one attached hydrogen (secondary N) is 1. The van der Waals surface area contributed by atoms with Crippen LogP contribution in [0.2, 0.25) is 0 Å². The van der Waals surface area contributed by atoms with Gasteiger partial charge in [0.05, 0.1) is 7.11 Å². The Kier molecular flexibility index (Phi) is 6.91. The van der Waals surface area contributed by atoms with Gasteiger partial charge in [-0.3, -0.25) is 19.9 Å². The van der Waals surface area contributed by atoms with Gasteiger partial charge in [-0.1, -0.05) is 0 Å². The van der Waals surface area contributed by atoms with Gasteiger partial charge in [0.2, 0.25) is 0 Å². The molecule has 3 unspecified atom stereocenters. The van der Waals surface area contributed by atoms with Crippen molar-refractivity contribution in [2.75, 3.05) is 39.2 Å². The maximum absolute atomic E-state index is 12.4. The number of hydrogen-bond acceptors (Lipinski definition) is 6. The van der Waals surface area contributed by atoms with E-state index in [9.17, 15) is 4.79 Å². The van der Waals surface area contributed by atoms with E-state index in [0.29, 0.717) is 22.7 Å². The molecule has 1 saturated carbocycles. The normalized spacial score (nSPS) is 40.8. The number of halogens is 1. The molecule has 7 heteroatoms. The van der Waals surface area contributed by atoms with Crippen LogP contribution in [0.1, 0.15) is 44.9 Å². The molecule has 3 aliphatic heterocycles. The third-order valence-electron chi connectivity index (χ3n) is 7.03. The van der Waals surface area contributed by atoms with Crippen molar-refractivity contribution in [1.29, 1.82) is 0 Å². The van der Waals surface area contributed by atoms with Crippen LogP contribution in [0, 0.1) is 5.92 Å². The molecule has 0 aromatic rings. The second kappa shape index (κ2) is 9.21. The van der Waals surface area contributed by atoms with Gasteiger partial charge in [-0.25, -0.2) is 0 Å². The lowest BCUT2D eigenvalue weighted by molar-refractivity contribution is -0.149. The smallest absolute Gasteiger partial charge is 0.323 e. The van der Waals surface area contributed by atoms with Crippen molar-refractivity contribution < 1.29 is 9.53 Å². The number of piperidine rings is 1. The second-order valence-corrected chi connectivity index (χ2v) is 10.8. The molecule has 4 aliphatic rings. The summed E-state index contributed by atoms with van der Waals surface area (Å²) in [5, 5.41) is 4.76. The molecule has 0 bridgehead atoms. The molecule has 4 fully saturated rings. The van der Waals surface area contributed by atoms with Crippen LogP contribution in [0.5, 0.6) is 0 Å². The molecule has 0 aromatic carbocycles. The molecule has 1 aliphatic carbocycles. The predicted octanol–water partition coefficient (Wildman–Crippen LogP) is 2.53. The number of carbonyl (C=O) groups is 1. The molecule has 3 heterocycles. The minimum Gasteiger partial charge on any atom is -0.468 e. The van der Waals surface area contributed by atoms with E-state index in [4.69, 9.17) is 16.3 Å². The van der Waals surface area contributed by atoms with Crippen LogP contribution in [-0.2, 0) is 9.53 Å². The molecule has 4 atom stereocenters. The predicted molar refractivity (Wildman–Crippen MR) is 111 cm³/mol. The summed E-state index contributed by atoms with van der Waals surface area (Å²) in [5.74, 6) is 1.99. The number of likely N-dealkylation sites (tertiary alicyclic amines) is 1. The van der Waals surface area contributed by atoms with Crippen molar-refractivity contribution in [3.05, 3.63) is 0 Å². The first-order chi connectivity index (χ1) is 13.1. The van der Waals surface area contributed by atoms with E-state index in [2.05, 4.69) is 26.9 Å². The highest BCUT2D eigenvalue weighted by atomic mass is 35.5. The van der Waals surface area contributed by atoms with Crippen LogP contribution in [0.3, 0.4) is 0 Å². The Morgan fingerprint density at radius 2 is 2.00 bits per heavy atom. The third kappa shape index (κ3) is 4.77. The minimum absolute atomic E-state index is 0.0582. The van der Waals surface area contributed by atoms with E-state index in [1.165, 1.54) is 45.1 Å². The quantitative estimate of drug-likeness (QED) is 0.550. The zero-order valence-corrected chi connectivity index (χ0v) is 18.0. The van der Waals surface area contributed by atoms with Gasteiger partial charge in [0.25, 0.3) is 0 Å². The topological polar surface area (TPSA) is 44.8 Å². The number of fused-ring (bicyclic) bond motifs is 1. The number of nitrogens with zero attached hydrogens (tertiary/aromatic N) is 2. The molecular formula is C20H34ClN3O2S. The highest BCUT2D eigenvalue weighted by Crippen LogP contribution is 2.33. The van der Waals surface area contributed by atoms with Crippen LogP contribution in [0.4, 0.5) is 0 Å². The van der Waals surface area contributed by atoms with E-state index in [1.807, 2.05) is 0 Å². The Morgan fingerprint density at radius 3 is 2.70 bits per heavy atom. The van der Waals surface area contributed by atoms with Gasteiger partial charge in [-0.15, -0.1) is 11.6 Å². The summed E-state index contributed by atoms with van der Waals surface area (Å²) in [6.07, 6.45) is 8.32. The third-order valence-corrected chi connectivity index (χ3v) is 8.85. The van der Waals surface area contributed by atoms with Gasteiger partial charge in [-0.2, -0.15) is 11.8 Å². The maximum atomic E-state index is 12.4. The van der Waals surface area contributed by atoms with Crippen molar-refractivity contribution in [3.63, 3.8) is 0 Å². The maximum Gasteiger partial charge on any atom is 0.323 e. The fourth-order valence-corrected chi connectivity index (χ4v) is 7.00. The molecule has 0 radical (unpaired) electrons. The van der Waals surface area contributed by atoms with Crippen LogP contribution >= 0.6 is 23.4 Å². The van der Waals surface area contributed by atoms with Crippen LogP contribution in [0.15, 0.2) is 0 Å². The molecule has 5 nitrogen and oxygen atoms in total. The Morgan fingerprint density at radius 1 is 1.19 bits per heavy atom. The lowest BCUT2D eigenvalue weighted by Crippen LogP contribution is -2.59. The van der Waals surface area contributed by atoms with Crippen LogP contribution in [-0.4, -0.2) is 83.7 Å². The number of ether oxygens (including phenoxy) is 1. The molecule has 3 saturated heterocycles. The van der Waals surface area contributed by atoms with E-state index in [0.717, 1.165) is 44.9 Å². The Hall–Kier alpha value is -0.0100. The molecular weight excluding hydrogens is 382 g/mol. The lowest BCUT2D eigenvalue weighted by Gasteiger charge is -2.43. The van der Waals surface area contributed by atoms with Crippen LogP contribution in [0.25, 0.3) is 0 Å². The number of carbonyl (C=O) groups excluding carboxylic acids is 1. The Bertz CT molecular complexity index is 511. The summed E-state index contributed by atoms with van der Waals surface area (Å²) in [5.41, 5.74) is 0. The van der Waals surface area contributed by atoms with Crippen molar-refractivity contribution in [1.82, 2.24) is 15.1 Å². The number of alkyl halides is 1. The van der Waals surface area contributed by atoms with Gasteiger partial charge >= 0.3 is 5.97 Å². The number of esters is 1. The minimum atomic E-state index is -0.0865. The summed E-state index contributed by atoms with van der Waals surface area (Å²) in [7, 11) is 1.53. The standard InChI is InChI=1S/C20H34ClN3O2S/c1-26-20(25)18-9-17-19(12-23(18)11-16-3-2-8-27-16)24(13-22-17)10-14-4-6-15(21)7-5-14/h14-19,22H,2-13H2,1H3/t14?,15?,16?,17?,18-,19?/m1/s1. The highest BCUT2D eigenvalue weighted by molar-refractivity contribution is 8.00. The van der Waals surface area contributed by atoms with E-state index in [1.54, 1.807) is 0 Å². The van der Waals surface area contributed by atoms with Gasteiger partial charge in [0.15, 0.2) is 0 Å². The second-order valence-electron chi connectivity index (χ2n) is 8.79. The number of thioether (sulfide) groups is 1. The molecule has 0 amide bonds. The summed E-state index contributed by atoms with van der Waals surface area (Å²) in [6.45, 7) is 4.14. The Balaban J connectivity index is 1.39. The first kappa shape index (κ1) is 20.3. The summed E-state index contributed by atoms with van der Waals surface area (Å²) < 4.78 is 5.15. The SMILES string of the molecule is COC(=O)[C@H]1CC2NCN(CC3CCC(Cl)CC3)C2CN1CC1CCCS1. The first-order valence-corrected chi connectivity index (χ1v) is 12.2. The molecule has 4 rings (SSSR count). The monoisotopic (exact) mass is 415 g/mol. The van der Waals surface area contributed by atoms with Gasteiger partial charge < -0.3 is 4.74 Å². The van der Waals surface area contributed by atoms with E-state index < -0.39 is 0 Å². The summed E-state index contributed by atoms with van der Waals surface area (Å²) in [6, 6.07) is 0.841. The molecule has 154 valence electrons. The zero-order valence-electron chi connectivity index (χ0n) is 16.4. The fraction of sp³-hybridized carbons (Fsp3) is 0.950. The van der Waals surface area contributed by atoms with Crippen molar-refractivity contribution in [2.45, 2.75) is 73.7 Å². The molecule has 0 aromatic heterocycles. The first-order valence-electron chi connectivity index (χ1n) is 10.7. The number of rotatable bonds is 5. The molecule has 1 N–H and O–H groups in total. The largest absolute Gasteiger partial charge is 0.468 e. The van der Waals surface area contributed by atoms with Crippen molar-refractivity contribution in [2.24, 2.45) is 5.92 Å². The van der Waals surface area contributed by atoms with Gasteiger partial charge in [0, 0.05) is 49.0 Å². The summed E-state index contributed by atoms with van der Waals surface area (Å²) >= 11 is 8.37. The molecule has 0 spiro atoms. The average molecular weight is 416 g/mol. The zero-order chi connectivity index (χ0) is 18.8. The van der Waals surface area contributed by atoms with E-state index in [-0.39, 0.29) is 12.0 Å². The van der Waals surface area contributed by atoms with Crippen LogP contribution < -0.4 is 5.32 Å². The van der Waals surface area contributed by atoms with Crippen molar-refractivity contribution in [3.8, 4) is 0 Å². The summed E-state index contributed by atoms with van der Waals surface area (Å²) in [4.78, 5) is 17.5.